The first-order chi connectivity index (χ1) is 21.8. The van der Waals surface area contributed by atoms with E-state index in [1.807, 2.05) is 12.1 Å². The summed E-state index contributed by atoms with van der Waals surface area (Å²) >= 11 is 0. The van der Waals surface area contributed by atoms with E-state index in [9.17, 15) is 0 Å². The van der Waals surface area contributed by atoms with E-state index in [4.69, 9.17) is 4.42 Å². The van der Waals surface area contributed by atoms with Crippen LogP contribution < -0.4 is 4.90 Å². The van der Waals surface area contributed by atoms with Gasteiger partial charge in [-0.15, -0.1) is 0 Å². The summed E-state index contributed by atoms with van der Waals surface area (Å²) in [6.45, 7) is 0. The summed E-state index contributed by atoms with van der Waals surface area (Å²) in [5, 5.41) is 9.55. The minimum Gasteiger partial charge on any atom is -0.455 e. The maximum absolute atomic E-state index is 6.46. The normalized spacial score (nSPS) is 11.6. The second kappa shape index (κ2) is 9.86. The number of benzene rings is 8. The van der Waals surface area contributed by atoms with Crippen LogP contribution in [0.1, 0.15) is 0 Å². The highest BCUT2D eigenvalue weighted by Crippen LogP contribution is 2.41. The second-order valence-electron chi connectivity index (χ2n) is 11.4. The number of anilines is 3. The first kappa shape index (κ1) is 24.7. The zero-order valence-corrected chi connectivity index (χ0v) is 23.9. The fraction of sp³-hybridized carbons (Fsp3) is 0. The number of hydrogen-bond donors (Lipinski definition) is 0. The van der Waals surface area contributed by atoms with Crippen molar-refractivity contribution in [1.29, 1.82) is 0 Å². The van der Waals surface area contributed by atoms with E-state index in [-0.39, 0.29) is 0 Å². The van der Waals surface area contributed by atoms with Crippen LogP contribution in [0.2, 0.25) is 0 Å². The van der Waals surface area contributed by atoms with Gasteiger partial charge in [-0.3, -0.25) is 0 Å². The SMILES string of the molecule is c1ccc(-c2ccc(N(c3ccc4c(ccc5ccccc54)c3)c3ccc4ccc5c6ccccc6oc5c4c3)cc2)cc1. The number of rotatable bonds is 4. The smallest absolute Gasteiger partial charge is 0.143 e. The molecule has 0 unspecified atom stereocenters. The Balaban J connectivity index is 1.25. The summed E-state index contributed by atoms with van der Waals surface area (Å²) in [5.41, 5.74) is 7.53. The molecule has 9 aromatic rings. The third kappa shape index (κ3) is 3.96. The van der Waals surface area contributed by atoms with Crippen molar-refractivity contribution in [2.75, 3.05) is 4.90 Å². The molecule has 0 saturated heterocycles. The quantitative estimate of drug-likeness (QED) is 0.199. The summed E-state index contributed by atoms with van der Waals surface area (Å²) < 4.78 is 6.46. The average Bonchev–Trinajstić information content (AvgIpc) is 3.48. The molecular weight excluding hydrogens is 534 g/mol. The van der Waals surface area contributed by atoms with Gasteiger partial charge in [0, 0.05) is 33.2 Å². The topological polar surface area (TPSA) is 16.4 Å². The van der Waals surface area contributed by atoms with Gasteiger partial charge in [0.05, 0.1) is 0 Å². The number of hydrogen-bond acceptors (Lipinski definition) is 2. The summed E-state index contributed by atoms with van der Waals surface area (Å²) in [7, 11) is 0. The van der Waals surface area contributed by atoms with Gasteiger partial charge in [-0.1, -0.05) is 115 Å². The average molecular weight is 562 g/mol. The molecular formula is C42H27NO. The van der Waals surface area contributed by atoms with Gasteiger partial charge in [0.15, 0.2) is 0 Å². The van der Waals surface area contributed by atoms with Gasteiger partial charge >= 0.3 is 0 Å². The molecule has 0 bridgehead atoms. The van der Waals surface area contributed by atoms with Crippen LogP contribution in [0, 0.1) is 0 Å². The van der Waals surface area contributed by atoms with Gasteiger partial charge in [0.25, 0.3) is 0 Å². The Morgan fingerprint density at radius 1 is 0.341 bits per heavy atom. The highest BCUT2D eigenvalue weighted by Gasteiger charge is 2.17. The molecule has 0 fully saturated rings. The van der Waals surface area contributed by atoms with Crippen LogP contribution in [-0.4, -0.2) is 0 Å². The van der Waals surface area contributed by atoms with Crippen molar-refractivity contribution in [3.8, 4) is 11.1 Å². The highest BCUT2D eigenvalue weighted by atomic mass is 16.3. The van der Waals surface area contributed by atoms with E-state index >= 15 is 0 Å². The molecule has 9 rings (SSSR count). The van der Waals surface area contributed by atoms with Crippen LogP contribution in [-0.2, 0) is 0 Å². The summed E-state index contributed by atoms with van der Waals surface area (Å²) in [5.74, 6) is 0. The van der Waals surface area contributed by atoms with E-state index in [0.29, 0.717) is 0 Å². The molecule has 0 N–H and O–H groups in total. The molecule has 0 radical (unpaired) electrons. The van der Waals surface area contributed by atoms with Gasteiger partial charge < -0.3 is 9.32 Å². The van der Waals surface area contributed by atoms with E-state index in [1.165, 1.54) is 32.7 Å². The van der Waals surface area contributed by atoms with Crippen molar-refractivity contribution in [2.45, 2.75) is 0 Å². The fourth-order valence-corrected chi connectivity index (χ4v) is 6.65. The molecule has 0 atom stereocenters. The minimum absolute atomic E-state index is 0.913. The zero-order valence-electron chi connectivity index (χ0n) is 23.9. The summed E-state index contributed by atoms with van der Waals surface area (Å²) in [6.07, 6.45) is 0. The van der Waals surface area contributed by atoms with Crippen LogP contribution in [0.15, 0.2) is 168 Å². The van der Waals surface area contributed by atoms with Gasteiger partial charge in [-0.05, 0) is 86.6 Å². The zero-order chi connectivity index (χ0) is 29.0. The minimum atomic E-state index is 0.913. The molecule has 0 spiro atoms. The molecule has 44 heavy (non-hydrogen) atoms. The summed E-state index contributed by atoms with van der Waals surface area (Å²) in [4.78, 5) is 2.35. The third-order valence-electron chi connectivity index (χ3n) is 8.82. The molecule has 2 heteroatoms. The van der Waals surface area contributed by atoms with Crippen molar-refractivity contribution >= 4 is 71.3 Å². The molecule has 0 amide bonds. The first-order valence-electron chi connectivity index (χ1n) is 15.0. The lowest BCUT2D eigenvalue weighted by Gasteiger charge is -2.26. The maximum atomic E-state index is 6.46. The van der Waals surface area contributed by atoms with Crippen LogP contribution >= 0.6 is 0 Å². The van der Waals surface area contributed by atoms with E-state index in [2.05, 4.69) is 157 Å². The maximum Gasteiger partial charge on any atom is 0.143 e. The molecule has 1 aromatic heterocycles. The Hall–Kier alpha value is -5.86. The van der Waals surface area contributed by atoms with Gasteiger partial charge in [0.2, 0.25) is 0 Å². The molecule has 0 aliphatic rings. The van der Waals surface area contributed by atoms with Crippen molar-refractivity contribution in [3.05, 3.63) is 164 Å². The Morgan fingerprint density at radius 3 is 1.80 bits per heavy atom. The first-order valence-corrected chi connectivity index (χ1v) is 15.0. The molecule has 0 aliphatic heterocycles. The van der Waals surface area contributed by atoms with E-state index in [1.54, 1.807) is 0 Å². The largest absolute Gasteiger partial charge is 0.455 e. The van der Waals surface area contributed by atoms with Crippen molar-refractivity contribution in [1.82, 2.24) is 0 Å². The predicted molar refractivity (Wildman–Crippen MR) is 186 cm³/mol. The number of furan rings is 1. The number of para-hydroxylation sites is 1. The lowest BCUT2D eigenvalue weighted by Crippen LogP contribution is -2.10. The third-order valence-corrected chi connectivity index (χ3v) is 8.82. The molecule has 1 heterocycles. The Labute approximate surface area is 255 Å². The Morgan fingerprint density at radius 2 is 0.909 bits per heavy atom. The Bertz CT molecular complexity index is 2490. The number of fused-ring (bicyclic) bond motifs is 8. The van der Waals surface area contributed by atoms with Crippen LogP contribution in [0.3, 0.4) is 0 Å². The highest BCUT2D eigenvalue weighted by molar-refractivity contribution is 6.16. The molecule has 8 aromatic carbocycles. The van der Waals surface area contributed by atoms with E-state index < -0.39 is 0 Å². The lowest BCUT2D eigenvalue weighted by atomic mass is 10.0. The summed E-state index contributed by atoms with van der Waals surface area (Å²) in [6, 6.07) is 58.6. The fourth-order valence-electron chi connectivity index (χ4n) is 6.65. The molecule has 2 nitrogen and oxygen atoms in total. The second-order valence-corrected chi connectivity index (χ2v) is 11.4. The van der Waals surface area contributed by atoms with Crippen LogP contribution in [0.5, 0.6) is 0 Å². The van der Waals surface area contributed by atoms with Crippen LogP contribution in [0.4, 0.5) is 17.1 Å². The lowest BCUT2D eigenvalue weighted by molar-refractivity contribution is 0.672. The predicted octanol–water partition coefficient (Wildman–Crippen LogP) is 12.2. The van der Waals surface area contributed by atoms with Crippen LogP contribution in [0.25, 0.3) is 65.4 Å². The standard InChI is InChI=1S/C42H27NO/c1-2-8-28(9-3-1)29-16-20-33(21-17-29)43(34-23-25-37-32(26-34)15-14-30-10-4-5-11-36(30)37)35-22-18-31-19-24-39-38-12-6-7-13-41(38)44-42(39)40(31)27-35/h1-27H. The van der Waals surface area contributed by atoms with Gasteiger partial charge in [-0.2, -0.15) is 0 Å². The van der Waals surface area contributed by atoms with Crippen molar-refractivity contribution in [3.63, 3.8) is 0 Å². The Kier molecular flexibility index (Phi) is 5.54. The molecule has 0 saturated carbocycles. The molecule has 206 valence electrons. The monoisotopic (exact) mass is 561 g/mol. The van der Waals surface area contributed by atoms with Gasteiger partial charge in [-0.25, -0.2) is 0 Å². The number of nitrogens with zero attached hydrogens (tertiary/aromatic N) is 1. The van der Waals surface area contributed by atoms with Crippen molar-refractivity contribution < 1.29 is 4.42 Å². The molecule has 0 aliphatic carbocycles. The van der Waals surface area contributed by atoms with E-state index in [0.717, 1.165) is 49.8 Å². The van der Waals surface area contributed by atoms with Gasteiger partial charge in [0.1, 0.15) is 11.2 Å². The van der Waals surface area contributed by atoms with Crippen molar-refractivity contribution in [2.24, 2.45) is 0 Å².